The van der Waals surface area contributed by atoms with Crippen LogP contribution in [0.1, 0.15) is 41.7 Å². The molecule has 8 aromatic rings. The molecule has 0 spiro atoms. The fourth-order valence-electron chi connectivity index (χ4n) is 8.03. The lowest BCUT2D eigenvalue weighted by atomic mass is 9.81. The molecule has 0 fully saturated rings. The third kappa shape index (κ3) is 5.79. The molecule has 0 heterocycles. The summed E-state index contributed by atoms with van der Waals surface area (Å²) in [5.74, 6) is 0.227. The van der Waals surface area contributed by atoms with Gasteiger partial charge in [0.25, 0.3) is 0 Å². The lowest BCUT2D eigenvalue weighted by Crippen LogP contribution is -2.14. The van der Waals surface area contributed by atoms with E-state index in [-0.39, 0.29) is 11.3 Å². The van der Waals surface area contributed by atoms with Crippen LogP contribution in [0.3, 0.4) is 0 Å². The Hall–Kier alpha value is -6.64. The van der Waals surface area contributed by atoms with Crippen molar-refractivity contribution < 1.29 is 0 Å². The average Bonchev–Trinajstić information content (AvgIpc) is 3.45. The normalized spacial score (nSPS) is 13.4. The molecule has 0 atom stereocenters. The quantitative estimate of drug-likeness (QED) is 0.134. The van der Waals surface area contributed by atoms with Gasteiger partial charge in [-0.3, -0.25) is 5.41 Å². The molecule has 8 aromatic carbocycles. The number of nitrogens with one attached hydrogen (secondary N) is 1. The summed E-state index contributed by atoms with van der Waals surface area (Å²) in [5, 5.41) is 13.8. The molecule has 1 aliphatic rings. The summed E-state index contributed by atoms with van der Waals surface area (Å²) < 4.78 is 0. The highest BCUT2D eigenvalue weighted by molar-refractivity contribution is 6.18. The summed E-state index contributed by atoms with van der Waals surface area (Å²) in [6.07, 6.45) is 4.21. The van der Waals surface area contributed by atoms with Crippen LogP contribution in [0.15, 0.2) is 187 Å². The molecule has 0 radical (unpaired) electrons. The molecule has 9 rings (SSSR count). The van der Waals surface area contributed by atoms with Crippen molar-refractivity contribution >= 4 is 39.2 Å². The first-order chi connectivity index (χ1) is 26.0. The summed E-state index contributed by atoms with van der Waals surface area (Å²) in [6, 6.07) is 62.1. The van der Waals surface area contributed by atoms with E-state index in [0.717, 1.165) is 28.0 Å². The van der Waals surface area contributed by atoms with Gasteiger partial charge in [-0.2, -0.15) is 0 Å². The van der Waals surface area contributed by atoms with E-state index in [2.05, 4.69) is 172 Å². The highest BCUT2D eigenvalue weighted by Gasteiger charge is 2.36. The molecule has 1 N–H and O–H groups in total. The Morgan fingerprint density at radius 3 is 2.00 bits per heavy atom. The second-order valence-corrected chi connectivity index (χ2v) is 14.3. The van der Waals surface area contributed by atoms with Gasteiger partial charge in [-0.15, -0.1) is 0 Å². The summed E-state index contributed by atoms with van der Waals surface area (Å²) in [6.45, 7) is 4.67. The van der Waals surface area contributed by atoms with Gasteiger partial charge < -0.3 is 0 Å². The lowest BCUT2D eigenvalue weighted by molar-refractivity contribution is 0.660. The van der Waals surface area contributed by atoms with Crippen LogP contribution in [0.2, 0.25) is 0 Å². The molecule has 53 heavy (non-hydrogen) atoms. The predicted octanol–water partition coefficient (Wildman–Crippen LogP) is 13.2. The molecule has 0 amide bonds. The zero-order valence-electron chi connectivity index (χ0n) is 29.8. The highest BCUT2D eigenvalue weighted by atomic mass is 14.8. The topological polar surface area (TPSA) is 36.2 Å². The Balaban J connectivity index is 1.12. The smallest absolute Gasteiger partial charge is 0.152 e. The van der Waals surface area contributed by atoms with Crippen LogP contribution in [-0.4, -0.2) is 11.5 Å². The Labute approximate surface area is 311 Å². The third-order valence-corrected chi connectivity index (χ3v) is 10.8. The molecule has 0 saturated heterocycles. The van der Waals surface area contributed by atoms with E-state index in [1.165, 1.54) is 60.5 Å². The molecule has 2 heteroatoms. The highest BCUT2D eigenvalue weighted by Crippen LogP contribution is 2.52. The van der Waals surface area contributed by atoms with Crippen LogP contribution in [-0.2, 0) is 5.41 Å². The minimum absolute atomic E-state index is 0.0582. The van der Waals surface area contributed by atoms with E-state index < -0.39 is 0 Å². The number of aliphatic imine (C=N–C) groups is 1. The van der Waals surface area contributed by atoms with Gasteiger partial charge in [0, 0.05) is 16.5 Å². The van der Waals surface area contributed by atoms with E-state index in [4.69, 9.17) is 10.4 Å². The zero-order valence-corrected chi connectivity index (χ0v) is 29.8. The molecule has 0 unspecified atom stereocenters. The van der Waals surface area contributed by atoms with Gasteiger partial charge in [0.2, 0.25) is 0 Å². The van der Waals surface area contributed by atoms with E-state index >= 15 is 0 Å². The minimum atomic E-state index is -0.0582. The van der Waals surface area contributed by atoms with Gasteiger partial charge in [-0.05, 0) is 83.8 Å². The van der Waals surface area contributed by atoms with Crippen molar-refractivity contribution in [1.29, 1.82) is 5.41 Å². The maximum atomic E-state index is 8.92. The molecule has 0 aliphatic heterocycles. The summed E-state index contributed by atoms with van der Waals surface area (Å²) in [4.78, 5) is 4.91. The maximum absolute atomic E-state index is 8.92. The van der Waals surface area contributed by atoms with Crippen molar-refractivity contribution in [3.8, 4) is 33.4 Å². The van der Waals surface area contributed by atoms with Gasteiger partial charge in [0.15, 0.2) is 5.84 Å². The fraction of sp³-hybridized carbons (Fsp3) is 0.0588. The van der Waals surface area contributed by atoms with Crippen LogP contribution in [0.5, 0.6) is 0 Å². The van der Waals surface area contributed by atoms with Crippen molar-refractivity contribution in [3.63, 3.8) is 0 Å². The molecular weight excluding hydrogens is 641 g/mol. The molecule has 0 saturated carbocycles. The monoisotopic (exact) mass is 678 g/mol. The number of benzene rings is 8. The van der Waals surface area contributed by atoms with Gasteiger partial charge in [0.05, 0.1) is 5.71 Å². The average molecular weight is 679 g/mol. The van der Waals surface area contributed by atoms with Gasteiger partial charge in [-0.25, -0.2) is 4.99 Å². The first-order valence-electron chi connectivity index (χ1n) is 18.2. The SMILES string of the molecule is CC1(C)c2ccccc2-c2c(-c3ccc(/C=C/C(=NC(=N)c4ccccc4)c4ccc(-c5ccc6ccccc6c5)cc4)c4ccccc34)cccc21. The van der Waals surface area contributed by atoms with E-state index in [0.29, 0.717) is 0 Å². The van der Waals surface area contributed by atoms with Crippen molar-refractivity contribution in [3.05, 3.63) is 210 Å². The first-order valence-corrected chi connectivity index (χ1v) is 18.2. The predicted molar refractivity (Wildman–Crippen MR) is 225 cm³/mol. The van der Waals surface area contributed by atoms with Crippen LogP contribution in [0.4, 0.5) is 0 Å². The number of nitrogens with zero attached hydrogens (tertiary/aromatic N) is 1. The molecule has 2 nitrogen and oxygen atoms in total. The Morgan fingerprint density at radius 2 is 1.17 bits per heavy atom. The van der Waals surface area contributed by atoms with Crippen LogP contribution >= 0.6 is 0 Å². The van der Waals surface area contributed by atoms with Crippen molar-refractivity contribution in [2.75, 3.05) is 0 Å². The van der Waals surface area contributed by atoms with Crippen LogP contribution in [0, 0.1) is 5.41 Å². The Morgan fingerprint density at radius 1 is 0.509 bits per heavy atom. The van der Waals surface area contributed by atoms with Crippen molar-refractivity contribution in [1.82, 2.24) is 0 Å². The zero-order chi connectivity index (χ0) is 35.9. The Kier molecular flexibility index (Phi) is 8.01. The van der Waals surface area contributed by atoms with Crippen LogP contribution in [0.25, 0.3) is 61.0 Å². The standard InChI is InChI=1S/C51H38N2/c1-51(2)46-21-11-10-19-45(46)49-44(20-12-22-47(49)51)43-31-29-36(41-17-8-9-18-42(41)43)30-32-48(53-50(52)38-14-4-3-5-15-38)37-26-23-35(24-27-37)40-28-25-34-13-6-7-16-39(34)33-40/h3-33,52H,1-2H3/b32-30+,52-50?,53-48?. The molecular formula is C51H38N2. The van der Waals surface area contributed by atoms with E-state index in [9.17, 15) is 0 Å². The molecule has 0 aromatic heterocycles. The number of amidine groups is 1. The van der Waals surface area contributed by atoms with Crippen molar-refractivity contribution in [2.45, 2.75) is 19.3 Å². The number of allylic oxidation sites excluding steroid dienone is 1. The fourth-order valence-corrected chi connectivity index (χ4v) is 8.03. The number of hydrogen-bond donors (Lipinski definition) is 1. The number of fused-ring (bicyclic) bond motifs is 5. The minimum Gasteiger partial charge on any atom is -0.282 e. The lowest BCUT2D eigenvalue weighted by Gasteiger charge is -2.21. The Bertz CT molecular complexity index is 2750. The molecule has 1 aliphatic carbocycles. The number of rotatable bonds is 6. The van der Waals surface area contributed by atoms with Gasteiger partial charge in [-0.1, -0.05) is 190 Å². The van der Waals surface area contributed by atoms with Crippen molar-refractivity contribution in [2.24, 2.45) is 4.99 Å². The summed E-state index contributed by atoms with van der Waals surface area (Å²) in [7, 11) is 0. The molecule has 252 valence electrons. The second kappa shape index (κ2) is 13.2. The summed E-state index contributed by atoms with van der Waals surface area (Å²) in [5.41, 5.74) is 13.7. The van der Waals surface area contributed by atoms with E-state index in [1.807, 2.05) is 30.3 Å². The molecule has 0 bridgehead atoms. The second-order valence-electron chi connectivity index (χ2n) is 14.3. The van der Waals surface area contributed by atoms with Crippen LogP contribution < -0.4 is 0 Å². The summed E-state index contributed by atoms with van der Waals surface area (Å²) >= 11 is 0. The number of hydrogen-bond acceptors (Lipinski definition) is 1. The first kappa shape index (κ1) is 32.3. The van der Waals surface area contributed by atoms with E-state index in [1.54, 1.807) is 0 Å². The largest absolute Gasteiger partial charge is 0.282 e. The third-order valence-electron chi connectivity index (χ3n) is 10.8. The van der Waals surface area contributed by atoms with Gasteiger partial charge >= 0.3 is 0 Å². The van der Waals surface area contributed by atoms with Gasteiger partial charge in [0.1, 0.15) is 0 Å². The maximum Gasteiger partial charge on any atom is 0.152 e.